The molecule has 2 aromatic heterocycles. The van der Waals surface area contributed by atoms with Crippen molar-refractivity contribution in [3.8, 4) is 0 Å². The standard InChI is InChI=1S/C20H14N4/c1-3-17-9-19-8-14(12-22-19)6-16-2-4-18(24-16)10-20-7-13(11-21-20)5-15(1)23-17/h1-12,21,24H. The van der Waals surface area contributed by atoms with Crippen LogP contribution in [0.1, 0.15) is 11.3 Å². The van der Waals surface area contributed by atoms with Crippen molar-refractivity contribution in [3.05, 3.63) is 87.6 Å². The van der Waals surface area contributed by atoms with Gasteiger partial charge in [-0.2, -0.15) is 0 Å². The van der Waals surface area contributed by atoms with E-state index in [-0.39, 0.29) is 0 Å². The van der Waals surface area contributed by atoms with Gasteiger partial charge in [-0.15, -0.1) is 0 Å². The molecule has 3 aliphatic heterocycles. The van der Waals surface area contributed by atoms with E-state index in [2.05, 4.69) is 62.5 Å². The fraction of sp³-hybridized carbons (Fsp3) is 0. The summed E-state index contributed by atoms with van der Waals surface area (Å²) in [7, 11) is 0. The Morgan fingerprint density at radius 2 is 1.75 bits per heavy atom. The highest BCUT2D eigenvalue weighted by Crippen LogP contribution is 2.18. The number of nitrogens with one attached hydrogen (secondary N) is 2. The van der Waals surface area contributed by atoms with E-state index in [1.807, 2.05) is 30.6 Å². The number of hydrogen-bond donors (Lipinski definition) is 2. The molecule has 0 aromatic carbocycles. The van der Waals surface area contributed by atoms with Gasteiger partial charge in [-0.1, -0.05) is 0 Å². The first-order valence-electron chi connectivity index (χ1n) is 7.83. The van der Waals surface area contributed by atoms with E-state index >= 15 is 0 Å². The summed E-state index contributed by atoms with van der Waals surface area (Å²) in [6.07, 6.45) is 18.2. The average molecular weight is 310 g/mol. The number of aliphatic imine (C=N–C) groups is 2. The largest absolute Gasteiger partial charge is 0.361 e. The molecule has 0 atom stereocenters. The number of aromatic amines is 2. The molecule has 0 saturated carbocycles. The number of hydrogen-bond acceptors (Lipinski definition) is 2. The highest BCUT2D eigenvalue weighted by Gasteiger charge is 2.07. The quantitative estimate of drug-likeness (QED) is 0.750. The first-order valence-corrected chi connectivity index (χ1v) is 7.83. The Hall–Kier alpha value is -3.40. The van der Waals surface area contributed by atoms with Crippen LogP contribution in [0.4, 0.5) is 0 Å². The topological polar surface area (TPSA) is 56.3 Å². The summed E-state index contributed by atoms with van der Waals surface area (Å²) in [4.78, 5) is 15.8. The van der Waals surface area contributed by atoms with E-state index in [0.29, 0.717) is 0 Å². The Balaban J connectivity index is 1.72. The predicted molar refractivity (Wildman–Crippen MR) is 98.1 cm³/mol. The van der Waals surface area contributed by atoms with Crippen LogP contribution in [0.25, 0.3) is 18.2 Å². The zero-order chi connectivity index (χ0) is 15.9. The Bertz CT molecular complexity index is 1140. The molecule has 0 fully saturated rings. The van der Waals surface area contributed by atoms with Crippen molar-refractivity contribution in [2.45, 2.75) is 0 Å². The summed E-state index contributed by atoms with van der Waals surface area (Å²) in [5.74, 6) is 0. The van der Waals surface area contributed by atoms with E-state index < -0.39 is 0 Å². The summed E-state index contributed by atoms with van der Waals surface area (Å²) in [5.41, 5.74) is 6.01. The molecule has 2 N–H and O–H groups in total. The average Bonchev–Trinajstić information content (AvgIpc) is 3.32. The van der Waals surface area contributed by atoms with Crippen LogP contribution < -0.4 is 10.7 Å². The third kappa shape index (κ3) is 2.44. The fourth-order valence-electron chi connectivity index (χ4n) is 2.97. The highest BCUT2D eigenvalue weighted by molar-refractivity contribution is 6.08. The first kappa shape index (κ1) is 13.1. The van der Waals surface area contributed by atoms with Crippen LogP contribution >= 0.6 is 0 Å². The lowest BCUT2D eigenvalue weighted by atomic mass is 10.2. The number of rotatable bonds is 0. The zero-order valence-corrected chi connectivity index (χ0v) is 12.8. The minimum absolute atomic E-state index is 0.917. The molecule has 24 heavy (non-hydrogen) atoms. The number of H-pyrrole nitrogens is 2. The molecular formula is C20H14N4. The summed E-state index contributed by atoms with van der Waals surface area (Å²) >= 11 is 0. The number of nitrogens with zero attached hydrogens (tertiary/aromatic N) is 2. The lowest BCUT2D eigenvalue weighted by Gasteiger charge is -1.91. The number of fused-ring (bicyclic) bond motifs is 6. The summed E-state index contributed by atoms with van der Waals surface area (Å²) < 4.78 is 0. The van der Waals surface area contributed by atoms with Crippen molar-refractivity contribution in [1.82, 2.24) is 9.97 Å². The molecule has 4 nitrogen and oxygen atoms in total. The normalized spacial score (nSPS) is 17.7. The molecule has 114 valence electrons. The van der Waals surface area contributed by atoms with Gasteiger partial charge >= 0.3 is 0 Å². The Labute approximate surface area is 138 Å². The Kier molecular flexibility index (Phi) is 2.76. The van der Waals surface area contributed by atoms with Gasteiger partial charge in [-0.25, -0.2) is 4.99 Å². The Morgan fingerprint density at radius 3 is 2.71 bits per heavy atom. The van der Waals surface area contributed by atoms with Crippen LogP contribution in [0.2, 0.25) is 0 Å². The molecule has 0 amide bonds. The van der Waals surface area contributed by atoms with Gasteiger partial charge in [0.2, 0.25) is 0 Å². The monoisotopic (exact) mass is 310 g/mol. The van der Waals surface area contributed by atoms with Crippen molar-refractivity contribution >= 4 is 30.2 Å². The van der Waals surface area contributed by atoms with Gasteiger partial charge in [-0.05, 0) is 71.9 Å². The van der Waals surface area contributed by atoms with Gasteiger partial charge in [-0.3, -0.25) is 4.99 Å². The van der Waals surface area contributed by atoms with E-state index in [1.54, 1.807) is 0 Å². The Morgan fingerprint density at radius 1 is 0.833 bits per heavy atom. The van der Waals surface area contributed by atoms with E-state index in [1.165, 1.54) is 0 Å². The van der Waals surface area contributed by atoms with Gasteiger partial charge in [0, 0.05) is 28.8 Å². The second-order valence-corrected chi connectivity index (χ2v) is 5.96. The molecule has 8 bridgehead atoms. The van der Waals surface area contributed by atoms with Gasteiger partial charge in [0.15, 0.2) is 0 Å². The van der Waals surface area contributed by atoms with Crippen LogP contribution in [0, 0.1) is 0 Å². The predicted octanol–water partition coefficient (Wildman–Crippen LogP) is 2.21. The molecule has 5 heterocycles. The smallest absolute Gasteiger partial charge is 0.0659 e. The minimum atomic E-state index is 0.917. The maximum absolute atomic E-state index is 4.63. The minimum Gasteiger partial charge on any atom is -0.361 e. The van der Waals surface area contributed by atoms with Crippen LogP contribution in [-0.2, 0) is 0 Å². The van der Waals surface area contributed by atoms with E-state index in [0.717, 1.165) is 44.6 Å². The summed E-state index contributed by atoms with van der Waals surface area (Å²) in [6.45, 7) is 0. The van der Waals surface area contributed by atoms with Gasteiger partial charge in [0.25, 0.3) is 0 Å². The molecule has 0 spiro atoms. The van der Waals surface area contributed by atoms with Gasteiger partial charge < -0.3 is 9.97 Å². The molecule has 0 saturated heterocycles. The molecular weight excluding hydrogens is 296 g/mol. The van der Waals surface area contributed by atoms with Crippen molar-refractivity contribution in [2.24, 2.45) is 9.98 Å². The van der Waals surface area contributed by atoms with Crippen LogP contribution in [0.3, 0.4) is 0 Å². The van der Waals surface area contributed by atoms with Crippen molar-refractivity contribution < 1.29 is 0 Å². The third-order valence-electron chi connectivity index (χ3n) is 4.06. The van der Waals surface area contributed by atoms with Gasteiger partial charge in [0.05, 0.1) is 17.1 Å². The van der Waals surface area contributed by atoms with E-state index in [4.69, 9.17) is 0 Å². The number of allylic oxidation sites excluding steroid dienone is 5. The molecule has 0 aliphatic carbocycles. The zero-order valence-electron chi connectivity index (χ0n) is 12.8. The van der Waals surface area contributed by atoms with Crippen LogP contribution in [-0.4, -0.2) is 21.9 Å². The van der Waals surface area contributed by atoms with Crippen molar-refractivity contribution in [1.29, 1.82) is 0 Å². The molecule has 3 aliphatic rings. The molecule has 5 rings (SSSR count). The van der Waals surface area contributed by atoms with Crippen molar-refractivity contribution in [2.75, 3.05) is 0 Å². The molecule has 4 heteroatoms. The molecule has 0 unspecified atom stereocenters. The second-order valence-electron chi connectivity index (χ2n) is 5.96. The highest BCUT2D eigenvalue weighted by atomic mass is 14.8. The summed E-state index contributed by atoms with van der Waals surface area (Å²) in [6, 6.07) is 6.25. The fourth-order valence-corrected chi connectivity index (χ4v) is 2.97. The maximum Gasteiger partial charge on any atom is 0.0659 e. The molecule has 0 radical (unpaired) electrons. The van der Waals surface area contributed by atoms with Crippen molar-refractivity contribution in [3.63, 3.8) is 0 Å². The second kappa shape index (κ2) is 5.06. The lowest BCUT2D eigenvalue weighted by molar-refractivity contribution is 1.26. The van der Waals surface area contributed by atoms with Crippen LogP contribution in [0.15, 0.2) is 75.7 Å². The number of aromatic nitrogens is 2. The maximum atomic E-state index is 4.63. The van der Waals surface area contributed by atoms with Gasteiger partial charge in [0.1, 0.15) is 0 Å². The lowest BCUT2D eigenvalue weighted by Crippen LogP contribution is -2.09. The van der Waals surface area contributed by atoms with Crippen LogP contribution in [0.5, 0.6) is 0 Å². The third-order valence-corrected chi connectivity index (χ3v) is 4.06. The van der Waals surface area contributed by atoms with E-state index in [9.17, 15) is 0 Å². The SMILES string of the molecule is C1=CC2=NC1=Cc1c[nH]c(c1)C=c1ccc([nH]1)=CC1=CC(=C2)N=C1. The summed E-state index contributed by atoms with van der Waals surface area (Å²) in [5, 5.41) is 2.11. The first-order chi connectivity index (χ1) is 11.8. The molecule has 2 aromatic rings.